The summed E-state index contributed by atoms with van der Waals surface area (Å²) in [5.41, 5.74) is -1.46. The third kappa shape index (κ3) is 3.53. The molecule has 2 amide bonds. The zero-order valence-electron chi connectivity index (χ0n) is 9.50. The van der Waals surface area contributed by atoms with Gasteiger partial charge in [-0.05, 0) is 22.0 Å². The van der Waals surface area contributed by atoms with Crippen LogP contribution >= 0.6 is 15.9 Å². The number of halogens is 3. The maximum Gasteiger partial charge on any atom is 0.309 e. The van der Waals surface area contributed by atoms with E-state index in [4.69, 9.17) is 0 Å². The fourth-order valence-electron chi connectivity index (χ4n) is 1.38. The van der Waals surface area contributed by atoms with Crippen molar-refractivity contribution in [3.05, 3.63) is 37.9 Å². The Labute approximate surface area is 114 Å². The highest BCUT2D eigenvalue weighted by Gasteiger charge is 2.27. The van der Waals surface area contributed by atoms with E-state index in [9.17, 15) is 28.5 Å². The molecule has 0 saturated carbocycles. The summed E-state index contributed by atoms with van der Waals surface area (Å²) in [6, 6.07) is 0.672. The number of imide groups is 1. The van der Waals surface area contributed by atoms with Crippen LogP contribution in [-0.2, 0) is 16.0 Å². The van der Waals surface area contributed by atoms with Crippen LogP contribution in [0.4, 0.5) is 14.5 Å². The normalized spacial score (nSPS) is 10.1. The van der Waals surface area contributed by atoms with Crippen molar-refractivity contribution in [1.82, 2.24) is 5.32 Å². The highest BCUT2D eigenvalue weighted by Crippen LogP contribution is 2.31. The number of nitrogens with zero attached hydrogens (tertiary/aromatic N) is 1. The van der Waals surface area contributed by atoms with E-state index in [1.165, 1.54) is 0 Å². The lowest BCUT2D eigenvalue weighted by molar-refractivity contribution is -0.388. The molecule has 0 aromatic heterocycles. The van der Waals surface area contributed by atoms with Crippen LogP contribution in [0.25, 0.3) is 0 Å². The van der Waals surface area contributed by atoms with Crippen molar-refractivity contribution in [2.75, 3.05) is 0 Å². The molecule has 1 aromatic carbocycles. The van der Waals surface area contributed by atoms with Gasteiger partial charge in [0.25, 0.3) is 0 Å². The van der Waals surface area contributed by atoms with Crippen LogP contribution in [-0.4, -0.2) is 16.7 Å². The van der Waals surface area contributed by atoms with E-state index in [0.717, 1.165) is 6.92 Å². The Bertz CT molecular complexity index is 577. The Morgan fingerprint density at radius 2 is 2.05 bits per heavy atom. The first-order chi connectivity index (χ1) is 8.73. The quantitative estimate of drug-likeness (QED) is 0.518. The summed E-state index contributed by atoms with van der Waals surface area (Å²) in [4.78, 5) is 31.6. The number of nitro benzene ring substituents is 1. The SMILES string of the molecule is CC(=O)NC(=O)Cc1cc(F)c(Br)c(F)c1[N+](=O)[O-]. The van der Waals surface area contributed by atoms with E-state index in [1.54, 1.807) is 0 Å². The van der Waals surface area contributed by atoms with Crippen molar-refractivity contribution in [3.8, 4) is 0 Å². The minimum Gasteiger partial charge on any atom is -0.296 e. The Hall–Kier alpha value is -1.90. The second-order valence-electron chi connectivity index (χ2n) is 3.53. The van der Waals surface area contributed by atoms with Crippen LogP contribution < -0.4 is 5.32 Å². The van der Waals surface area contributed by atoms with Crippen molar-refractivity contribution in [1.29, 1.82) is 0 Å². The smallest absolute Gasteiger partial charge is 0.296 e. The molecule has 0 radical (unpaired) electrons. The first-order valence-corrected chi connectivity index (χ1v) is 5.64. The number of carbonyl (C=O) groups excluding carboxylic acids is 2. The molecule has 9 heteroatoms. The van der Waals surface area contributed by atoms with Crippen LogP contribution in [0, 0.1) is 21.7 Å². The average Bonchev–Trinajstić information content (AvgIpc) is 2.24. The number of benzene rings is 1. The molecule has 0 heterocycles. The van der Waals surface area contributed by atoms with Gasteiger partial charge < -0.3 is 0 Å². The van der Waals surface area contributed by atoms with E-state index >= 15 is 0 Å². The number of nitrogens with one attached hydrogen (secondary N) is 1. The molecule has 0 unspecified atom stereocenters. The van der Waals surface area contributed by atoms with Gasteiger partial charge in [0.15, 0.2) is 0 Å². The lowest BCUT2D eigenvalue weighted by Gasteiger charge is -2.06. The number of hydrogen-bond donors (Lipinski definition) is 1. The Morgan fingerprint density at radius 3 is 2.53 bits per heavy atom. The lowest BCUT2D eigenvalue weighted by atomic mass is 10.1. The highest BCUT2D eigenvalue weighted by atomic mass is 79.9. The maximum absolute atomic E-state index is 13.6. The molecule has 0 aliphatic heterocycles. The van der Waals surface area contributed by atoms with E-state index in [2.05, 4.69) is 15.9 Å². The van der Waals surface area contributed by atoms with E-state index in [0.29, 0.717) is 6.07 Å². The van der Waals surface area contributed by atoms with Gasteiger partial charge in [0, 0.05) is 12.5 Å². The first kappa shape index (κ1) is 15.2. The number of carbonyl (C=O) groups is 2. The molecule has 102 valence electrons. The van der Waals surface area contributed by atoms with Gasteiger partial charge >= 0.3 is 5.69 Å². The monoisotopic (exact) mass is 336 g/mol. The molecule has 0 spiro atoms. The zero-order valence-corrected chi connectivity index (χ0v) is 11.1. The molecule has 0 aliphatic rings. The van der Waals surface area contributed by atoms with Crippen LogP contribution in [0.15, 0.2) is 10.5 Å². The van der Waals surface area contributed by atoms with Crippen molar-refractivity contribution in [3.63, 3.8) is 0 Å². The third-order valence-electron chi connectivity index (χ3n) is 2.06. The van der Waals surface area contributed by atoms with E-state index in [1.807, 2.05) is 5.32 Å². The summed E-state index contributed by atoms with van der Waals surface area (Å²) in [5, 5.41) is 12.6. The average molecular weight is 337 g/mol. The summed E-state index contributed by atoms with van der Waals surface area (Å²) < 4.78 is 26.2. The molecule has 1 aromatic rings. The van der Waals surface area contributed by atoms with Gasteiger partial charge in [-0.25, -0.2) is 4.39 Å². The van der Waals surface area contributed by atoms with Crippen molar-refractivity contribution in [2.24, 2.45) is 0 Å². The summed E-state index contributed by atoms with van der Waals surface area (Å²) >= 11 is 2.53. The van der Waals surface area contributed by atoms with Gasteiger partial charge in [0.05, 0.1) is 15.8 Å². The highest BCUT2D eigenvalue weighted by molar-refractivity contribution is 9.10. The fraction of sp³-hybridized carbons (Fsp3) is 0.200. The Kier molecular flexibility index (Phi) is 4.65. The molecule has 0 saturated heterocycles. The van der Waals surface area contributed by atoms with Crippen LogP contribution in [0.3, 0.4) is 0 Å². The summed E-state index contributed by atoms with van der Waals surface area (Å²) in [6.07, 6.45) is -0.684. The third-order valence-corrected chi connectivity index (χ3v) is 2.79. The predicted octanol–water partition coefficient (Wildman–Crippen LogP) is 1.84. The molecule has 19 heavy (non-hydrogen) atoms. The summed E-state index contributed by atoms with van der Waals surface area (Å²) in [7, 11) is 0. The first-order valence-electron chi connectivity index (χ1n) is 4.85. The fourth-order valence-corrected chi connectivity index (χ4v) is 1.68. The lowest BCUT2D eigenvalue weighted by Crippen LogP contribution is -2.29. The van der Waals surface area contributed by atoms with Gasteiger partial charge in [-0.3, -0.25) is 25.0 Å². The van der Waals surface area contributed by atoms with Crippen LogP contribution in [0.2, 0.25) is 0 Å². The molecule has 0 bridgehead atoms. The summed E-state index contributed by atoms with van der Waals surface area (Å²) in [6.45, 7) is 1.06. The van der Waals surface area contributed by atoms with Crippen LogP contribution in [0.1, 0.15) is 12.5 Å². The van der Waals surface area contributed by atoms with Gasteiger partial charge in [-0.15, -0.1) is 0 Å². The molecule has 0 aliphatic carbocycles. The largest absolute Gasteiger partial charge is 0.309 e. The predicted molar refractivity (Wildman–Crippen MR) is 63.2 cm³/mol. The van der Waals surface area contributed by atoms with Crippen molar-refractivity contribution < 1.29 is 23.3 Å². The minimum absolute atomic E-state index is 0.457. The number of rotatable bonds is 3. The second kappa shape index (κ2) is 5.83. The van der Waals surface area contributed by atoms with Gasteiger partial charge in [0.2, 0.25) is 17.6 Å². The van der Waals surface area contributed by atoms with E-state index < -0.39 is 50.5 Å². The molecule has 1 N–H and O–H groups in total. The molecule has 0 fully saturated rings. The van der Waals surface area contributed by atoms with Crippen molar-refractivity contribution in [2.45, 2.75) is 13.3 Å². The standard InChI is InChI=1S/C10H7BrF2N2O4/c1-4(16)14-7(17)3-5-2-6(12)8(11)9(13)10(5)15(18)19/h2H,3H2,1H3,(H,14,16,17). The molecular weight excluding hydrogens is 330 g/mol. The Morgan fingerprint density at radius 1 is 1.47 bits per heavy atom. The topological polar surface area (TPSA) is 89.3 Å². The van der Waals surface area contributed by atoms with Gasteiger partial charge in [0.1, 0.15) is 5.82 Å². The number of hydrogen-bond acceptors (Lipinski definition) is 4. The molecule has 0 atom stereocenters. The molecular formula is C10H7BrF2N2O4. The number of amides is 2. The maximum atomic E-state index is 13.6. The van der Waals surface area contributed by atoms with Gasteiger partial charge in [-0.1, -0.05) is 0 Å². The summed E-state index contributed by atoms with van der Waals surface area (Å²) in [5.74, 6) is -4.05. The van der Waals surface area contributed by atoms with Crippen LogP contribution in [0.5, 0.6) is 0 Å². The number of nitro groups is 1. The van der Waals surface area contributed by atoms with Gasteiger partial charge in [-0.2, -0.15) is 4.39 Å². The second-order valence-corrected chi connectivity index (χ2v) is 4.33. The van der Waals surface area contributed by atoms with Crippen molar-refractivity contribution >= 4 is 33.4 Å². The Balaban J connectivity index is 3.23. The zero-order chi connectivity index (χ0) is 14.7. The molecule has 1 rings (SSSR count). The van der Waals surface area contributed by atoms with E-state index in [-0.39, 0.29) is 0 Å². The molecule has 6 nitrogen and oxygen atoms in total. The minimum atomic E-state index is -1.41.